The number of hydrogen-bond acceptors (Lipinski definition) is 7. The Hall–Kier alpha value is -2.81. The van der Waals surface area contributed by atoms with Crippen molar-refractivity contribution >= 4 is 41.0 Å². The number of esters is 1. The van der Waals surface area contributed by atoms with Gasteiger partial charge in [0.25, 0.3) is 5.91 Å². The standard InChI is InChI=1S/C29H36Cl2N2O6/c1-18(2)32-27(36)29(14-13-24(35)39-28(3,4)5)25(22-12-9-20(30)17-23(22)31)38-26(33-29)19-7-10-21(11-8-19)37-16-6-15-34/h7-12,17-18,25,34H,6,13-16H2,1-5H3,(H,32,36)/t25-,29-/m1/s1. The summed E-state index contributed by atoms with van der Waals surface area (Å²) in [5.41, 5.74) is -1.04. The maximum Gasteiger partial charge on any atom is 0.306 e. The van der Waals surface area contributed by atoms with Gasteiger partial charge >= 0.3 is 5.97 Å². The predicted molar refractivity (Wildman–Crippen MR) is 152 cm³/mol. The van der Waals surface area contributed by atoms with Crippen LogP contribution in [0.15, 0.2) is 47.5 Å². The monoisotopic (exact) mass is 578 g/mol. The van der Waals surface area contributed by atoms with Gasteiger partial charge in [0.2, 0.25) is 5.90 Å². The van der Waals surface area contributed by atoms with Crippen molar-refractivity contribution in [2.75, 3.05) is 13.2 Å². The molecule has 39 heavy (non-hydrogen) atoms. The molecule has 2 aromatic rings. The minimum atomic E-state index is -1.51. The molecular formula is C29H36Cl2N2O6. The molecular weight excluding hydrogens is 543 g/mol. The number of halogens is 2. The second-order valence-corrected chi connectivity index (χ2v) is 11.5. The number of aliphatic hydroxyl groups excluding tert-OH is 1. The Morgan fingerprint density at radius 3 is 2.44 bits per heavy atom. The highest BCUT2D eigenvalue weighted by Crippen LogP contribution is 2.45. The summed E-state index contributed by atoms with van der Waals surface area (Å²) in [5.74, 6) is 0.0112. The van der Waals surface area contributed by atoms with Gasteiger partial charge in [0, 0.05) is 46.7 Å². The van der Waals surface area contributed by atoms with Crippen LogP contribution in [0.4, 0.5) is 0 Å². The summed E-state index contributed by atoms with van der Waals surface area (Å²) in [4.78, 5) is 31.4. The first kappa shape index (κ1) is 30.7. The number of benzene rings is 2. The Bertz CT molecular complexity index is 1190. The maximum atomic E-state index is 13.9. The largest absolute Gasteiger partial charge is 0.494 e. The Balaban J connectivity index is 2.05. The molecule has 0 aliphatic carbocycles. The fourth-order valence-electron chi connectivity index (χ4n) is 4.13. The topological polar surface area (TPSA) is 106 Å². The van der Waals surface area contributed by atoms with Crippen molar-refractivity contribution in [1.82, 2.24) is 5.32 Å². The lowest BCUT2D eigenvalue weighted by Crippen LogP contribution is -2.50. The van der Waals surface area contributed by atoms with Crippen molar-refractivity contribution in [1.29, 1.82) is 0 Å². The summed E-state index contributed by atoms with van der Waals surface area (Å²) >= 11 is 12.8. The number of rotatable bonds is 11. The highest BCUT2D eigenvalue weighted by Gasteiger charge is 2.54. The molecule has 1 aliphatic rings. The molecule has 0 unspecified atom stereocenters. The van der Waals surface area contributed by atoms with Crippen molar-refractivity contribution in [3.63, 3.8) is 0 Å². The zero-order valence-corrected chi connectivity index (χ0v) is 24.4. The van der Waals surface area contributed by atoms with Gasteiger partial charge in [-0.1, -0.05) is 29.3 Å². The van der Waals surface area contributed by atoms with E-state index in [-0.39, 0.29) is 31.4 Å². The minimum Gasteiger partial charge on any atom is -0.494 e. The number of nitrogens with one attached hydrogen (secondary N) is 1. The van der Waals surface area contributed by atoms with E-state index in [1.54, 1.807) is 63.2 Å². The van der Waals surface area contributed by atoms with E-state index in [4.69, 9.17) is 47.5 Å². The molecule has 0 bridgehead atoms. The molecule has 0 saturated carbocycles. The van der Waals surface area contributed by atoms with Crippen LogP contribution in [0.25, 0.3) is 0 Å². The molecule has 0 spiro atoms. The van der Waals surface area contributed by atoms with E-state index >= 15 is 0 Å². The summed E-state index contributed by atoms with van der Waals surface area (Å²) < 4.78 is 17.5. The van der Waals surface area contributed by atoms with E-state index in [1.807, 2.05) is 13.8 Å². The minimum absolute atomic E-state index is 0.0238. The van der Waals surface area contributed by atoms with Gasteiger partial charge in [-0.3, -0.25) is 9.59 Å². The first-order valence-electron chi connectivity index (χ1n) is 12.9. The van der Waals surface area contributed by atoms with Gasteiger partial charge in [0.1, 0.15) is 11.4 Å². The van der Waals surface area contributed by atoms with Crippen molar-refractivity contribution in [3.8, 4) is 5.75 Å². The zero-order chi connectivity index (χ0) is 28.8. The molecule has 3 rings (SSSR count). The smallest absolute Gasteiger partial charge is 0.306 e. The third-order valence-corrected chi connectivity index (χ3v) is 6.39. The normalized spacial score (nSPS) is 18.9. The molecule has 0 saturated heterocycles. The van der Waals surface area contributed by atoms with Crippen LogP contribution in [-0.2, 0) is 19.1 Å². The number of nitrogens with zero attached hydrogens (tertiary/aromatic N) is 1. The highest BCUT2D eigenvalue weighted by molar-refractivity contribution is 6.35. The molecule has 212 valence electrons. The molecule has 1 aliphatic heterocycles. The number of hydrogen-bond donors (Lipinski definition) is 2. The average molecular weight is 580 g/mol. The predicted octanol–water partition coefficient (Wildman–Crippen LogP) is 5.66. The lowest BCUT2D eigenvalue weighted by atomic mass is 9.83. The van der Waals surface area contributed by atoms with Gasteiger partial charge in [-0.2, -0.15) is 0 Å². The maximum absolute atomic E-state index is 13.9. The van der Waals surface area contributed by atoms with Crippen molar-refractivity contribution in [2.24, 2.45) is 4.99 Å². The molecule has 1 amide bonds. The zero-order valence-electron chi connectivity index (χ0n) is 22.9. The fourth-order valence-corrected chi connectivity index (χ4v) is 4.64. The van der Waals surface area contributed by atoms with Crippen LogP contribution >= 0.6 is 23.2 Å². The van der Waals surface area contributed by atoms with Crippen LogP contribution in [0.1, 0.15) is 71.1 Å². The average Bonchev–Trinajstić information content (AvgIpc) is 3.22. The summed E-state index contributed by atoms with van der Waals surface area (Å²) in [7, 11) is 0. The quantitative estimate of drug-likeness (QED) is 0.263. The SMILES string of the molecule is CC(C)NC(=O)[C@]1(CCC(=O)OC(C)(C)C)N=C(c2ccc(OCCCO)cc2)O[C@@H]1c1ccc(Cl)cc1Cl. The highest BCUT2D eigenvalue weighted by atomic mass is 35.5. The van der Waals surface area contributed by atoms with E-state index < -0.39 is 29.1 Å². The van der Waals surface area contributed by atoms with Crippen molar-refractivity contribution in [2.45, 2.75) is 77.2 Å². The van der Waals surface area contributed by atoms with Gasteiger partial charge in [-0.15, -0.1) is 0 Å². The Labute approximate surface area is 239 Å². The van der Waals surface area contributed by atoms with E-state index in [1.165, 1.54) is 0 Å². The number of carbonyl (C=O) groups excluding carboxylic acids is 2. The first-order chi connectivity index (χ1) is 18.3. The molecule has 0 aromatic heterocycles. The number of ether oxygens (including phenoxy) is 3. The summed E-state index contributed by atoms with van der Waals surface area (Å²) in [6, 6.07) is 11.8. The summed E-state index contributed by atoms with van der Waals surface area (Å²) in [5, 5.41) is 12.7. The van der Waals surface area contributed by atoms with Crippen LogP contribution in [-0.4, -0.2) is 53.3 Å². The molecule has 2 aromatic carbocycles. The van der Waals surface area contributed by atoms with Crippen molar-refractivity contribution in [3.05, 3.63) is 63.6 Å². The Morgan fingerprint density at radius 2 is 1.85 bits per heavy atom. The molecule has 1 heterocycles. The number of carbonyl (C=O) groups is 2. The second kappa shape index (κ2) is 13.0. The Kier molecular flexibility index (Phi) is 10.3. The van der Waals surface area contributed by atoms with E-state index in [0.29, 0.717) is 39.9 Å². The van der Waals surface area contributed by atoms with E-state index in [0.717, 1.165) is 0 Å². The molecule has 2 N–H and O–H groups in total. The van der Waals surface area contributed by atoms with Crippen LogP contribution in [0, 0.1) is 0 Å². The van der Waals surface area contributed by atoms with Gasteiger partial charge < -0.3 is 24.6 Å². The number of aliphatic hydroxyl groups is 1. The van der Waals surface area contributed by atoms with Crippen LogP contribution < -0.4 is 10.1 Å². The van der Waals surface area contributed by atoms with Gasteiger partial charge in [0.05, 0.1) is 6.61 Å². The van der Waals surface area contributed by atoms with Gasteiger partial charge in [0.15, 0.2) is 11.6 Å². The summed E-state index contributed by atoms with van der Waals surface area (Å²) in [6.07, 6.45) is -0.455. The van der Waals surface area contributed by atoms with Crippen LogP contribution in [0.2, 0.25) is 10.0 Å². The van der Waals surface area contributed by atoms with Crippen molar-refractivity contribution < 1.29 is 28.9 Å². The van der Waals surface area contributed by atoms with E-state index in [2.05, 4.69) is 5.32 Å². The molecule has 10 heteroatoms. The third-order valence-electron chi connectivity index (χ3n) is 5.82. The first-order valence-corrected chi connectivity index (χ1v) is 13.7. The van der Waals surface area contributed by atoms with Crippen LogP contribution in [0.5, 0.6) is 5.75 Å². The molecule has 0 fully saturated rings. The van der Waals surface area contributed by atoms with E-state index in [9.17, 15) is 9.59 Å². The third kappa shape index (κ3) is 8.10. The number of aliphatic imine (C=N–C) groups is 1. The fraction of sp³-hybridized carbons (Fsp3) is 0.483. The second-order valence-electron chi connectivity index (χ2n) is 10.7. The molecule has 2 atom stereocenters. The molecule has 0 radical (unpaired) electrons. The Morgan fingerprint density at radius 1 is 1.15 bits per heavy atom. The van der Waals surface area contributed by atoms with Gasteiger partial charge in [-0.25, -0.2) is 4.99 Å². The molecule has 8 nitrogen and oxygen atoms in total. The van der Waals surface area contributed by atoms with Gasteiger partial charge in [-0.05, 0) is 77.4 Å². The lowest BCUT2D eigenvalue weighted by molar-refractivity contribution is -0.155. The summed E-state index contributed by atoms with van der Waals surface area (Å²) in [6.45, 7) is 9.48. The number of amides is 1. The lowest BCUT2D eigenvalue weighted by Gasteiger charge is -2.32. The van der Waals surface area contributed by atoms with Crippen LogP contribution in [0.3, 0.4) is 0 Å².